The van der Waals surface area contributed by atoms with Crippen LogP contribution >= 0.6 is 0 Å². The zero-order chi connectivity index (χ0) is 16.1. The molecule has 0 bridgehead atoms. The largest absolute Gasteiger partial charge is 0.508 e. The van der Waals surface area contributed by atoms with Crippen molar-refractivity contribution in [3.63, 3.8) is 0 Å². The first-order valence-corrected chi connectivity index (χ1v) is 8.19. The van der Waals surface area contributed by atoms with Crippen LogP contribution in [0.1, 0.15) is 5.56 Å². The number of aliphatic hydroxyl groups is 1. The highest BCUT2D eigenvalue weighted by molar-refractivity contribution is 5.65. The molecule has 4 heteroatoms. The monoisotopic (exact) mass is 312 g/mol. The highest BCUT2D eigenvalue weighted by atomic mass is 16.3. The zero-order valence-corrected chi connectivity index (χ0v) is 13.4. The first-order chi connectivity index (χ1) is 11.3. The minimum atomic E-state index is 0.222. The molecule has 0 amide bonds. The minimum absolute atomic E-state index is 0.222. The number of phenols is 1. The molecular weight excluding hydrogens is 288 g/mol. The Labute approximate surface area is 137 Å². The Morgan fingerprint density at radius 2 is 1.52 bits per heavy atom. The second-order valence-corrected chi connectivity index (χ2v) is 6.05. The van der Waals surface area contributed by atoms with Crippen LogP contribution in [0.2, 0.25) is 0 Å². The lowest BCUT2D eigenvalue weighted by Crippen LogP contribution is -2.46. The molecule has 0 unspecified atom stereocenters. The van der Waals surface area contributed by atoms with Crippen LogP contribution in [-0.4, -0.2) is 59.3 Å². The van der Waals surface area contributed by atoms with Crippen LogP contribution in [0.15, 0.2) is 48.5 Å². The normalized spacial score (nSPS) is 16.6. The topological polar surface area (TPSA) is 46.9 Å². The van der Waals surface area contributed by atoms with E-state index in [1.165, 1.54) is 5.56 Å². The van der Waals surface area contributed by atoms with Gasteiger partial charge in [0.25, 0.3) is 0 Å². The average Bonchev–Trinajstić information content (AvgIpc) is 2.59. The standard InChI is InChI=1S/C19H24N2O2/c22-13-12-20-8-10-21(11-9-20)15-18-14-17(6-7-19(18)23)16-4-2-1-3-5-16/h1-7,14,22-23H,8-13,15H2. The van der Waals surface area contributed by atoms with Gasteiger partial charge in [-0.1, -0.05) is 36.4 Å². The van der Waals surface area contributed by atoms with Crippen molar-refractivity contribution in [2.24, 2.45) is 0 Å². The molecule has 23 heavy (non-hydrogen) atoms. The lowest BCUT2D eigenvalue weighted by molar-refractivity contribution is 0.108. The van der Waals surface area contributed by atoms with Crippen LogP contribution in [0, 0.1) is 0 Å². The van der Waals surface area contributed by atoms with Gasteiger partial charge in [0, 0.05) is 44.8 Å². The van der Waals surface area contributed by atoms with Gasteiger partial charge in [-0.25, -0.2) is 0 Å². The highest BCUT2D eigenvalue weighted by Crippen LogP contribution is 2.27. The zero-order valence-electron chi connectivity index (χ0n) is 13.4. The third-order valence-corrected chi connectivity index (χ3v) is 4.46. The fourth-order valence-electron chi connectivity index (χ4n) is 3.08. The molecule has 4 nitrogen and oxygen atoms in total. The minimum Gasteiger partial charge on any atom is -0.508 e. The van der Waals surface area contributed by atoms with Crippen LogP contribution in [-0.2, 0) is 6.54 Å². The van der Waals surface area contributed by atoms with E-state index in [4.69, 9.17) is 5.11 Å². The first-order valence-electron chi connectivity index (χ1n) is 8.19. The Balaban J connectivity index is 1.68. The van der Waals surface area contributed by atoms with Gasteiger partial charge in [0.15, 0.2) is 0 Å². The number of hydrogen-bond acceptors (Lipinski definition) is 4. The molecule has 1 fully saturated rings. The van der Waals surface area contributed by atoms with Gasteiger partial charge in [-0.05, 0) is 23.3 Å². The van der Waals surface area contributed by atoms with Gasteiger partial charge in [0.05, 0.1) is 6.61 Å². The van der Waals surface area contributed by atoms with Crippen molar-refractivity contribution in [1.82, 2.24) is 9.80 Å². The van der Waals surface area contributed by atoms with E-state index in [2.05, 4.69) is 28.0 Å². The second kappa shape index (κ2) is 7.59. The lowest BCUT2D eigenvalue weighted by Gasteiger charge is -2.34. The molecule has 1 aliphatic rings. The summed E-state index contributed by atoms with van der Waals surface area (Å²) in [6.45, 7) is 5.62. The Morgan fingerprint density at radius 3 is 2.22 bits per heavy atom. The fraction of sp³-hybridized carbons (Fsp3) is 0.368. The van der Waals surface area contributed by atoms with E-state index in [1.807, 2.05) is 24.3 Å². The van der Waals surface area contributed by atoms with Gasteiger partial charge in [-0.15, -0.1) is 0 Å². The maximum atomic E-state index is 10.2. The fourth-order valence-corrected chi connectivity index (χ4v) is 3.08. The summed E-state index contributed by atoms with van der Waals surface area (Å²) < 4.78 is 0. The van der Waals surface area contributed by atoms with Crippen molar-refractivity contribution in [1.29, 1.82) is 0 Å². The van der Waals surface area contributed by atoms with Crippen molar-refractivity contribution in [2.45, 2.75) is 6.54 Å². The smallest absolute Gasteiger partial charge is 0.120 e. The molecule has 0 atom stereocenters. The predicted molar refractivity (Wildman–Crippen MR) is 92.3 cm³/mol. The van der Waals surface area contributed by atoms with Gasteiger partial charge in [-0.3, -0.25) is 9.80 Å². The summed E-state index contributed by atoms with van der Waals surface area (Å²) >= 11 is 0. The van der Waals surface area contributed by atoms with Crippen molar-refractivity contribution in [2.75, 3.05) is 39.3 Å². The summed E-state index contributed by atoms with van der Waals surface area (Å²) in [5.41, 5.74) is 3.28. The quantitative estimate of drug-likeness (QED) is 0.888. The number of phenolic OH excluding ortho intramolecular Hbond substituents is 1. The van der Waals surface area contributed by atoms with Crippen LogP contribution in [0.4, 0.5) is 0 Å². The van der Waals surface area contributed by atoms with E-state index in [0.717, 1.165) is 50.4 Å². The third-order valence-electron chi connectivity index (χ3n) is 4.46. The van der Waals surface area contributed by atoms with Crippen molar-refractivity contribution in [3.8, 4) is 16.9 Å². The Hall–Kier alpha value is -1.88. The Kier molecular flexibility index (Phi) is 5.28. The summed E-state index contributed by atoms with van der Waals surface area (Å²) in [4.78, 5) is 4.63. The number of rotatable bonds is 5. The molecule has 0 aliphatic carbocycles. The van der Waals surface area contributed by atoms with E-state index < -0.39 is 0 Å². The Morgan fingerprint density at radius 1 is 0.826 bits per heavy atom. The van der Waals surface area contributed by atoms with E-state index >= 15 is 0 Å². The molecule has 3 rings (SSSR count). The molecule has 0 aromatic heterocycles. The number of aliphatic hydroxyl groups excluding tert-OH is 1. The Bertz CT molecular complexity index is 623. The summed E-state index contributed by atoms with van der Waals surface area (Å²) in [7, 11) is 0. The molecule has 122 valence electrons. The number of benzene rings is 2. The maximum absolute atomic E-state index is 10.2. The van der Waals surface area contributed by atoms with Gasteiger partial charge in [0.2, 0.25) is 0 Å². The molecule has 0 spiro atoms. The summed E-state index contributed by atoms with van der Waals surface area (Å²) in [6, 6.07) is 16.1. The summed E-state index contributed by atoms with van der Waals surface area (Å²) in [6.07, 6.45) is 0. The maximum Gasteiger partial charge on any atom is 0.120 e. The van der Waals surface area contributed by atoms with Gasteiger partial charge in [-0.2, -0.15) is 0 Å². The van der Waals surface area contributed by atoms with E-state index in [9.17, 15) is 5.11 Å². The number of piperazine rings is 1. The SMILES string of the molecule is OCCN1CCN(Cc2cc(-c3ccccc3)ccc2O)CC1. The molecule has 2 aromatic rings. The van der Waals surface area contributed by atoms with Crippen LogP contribution in [0.3, 0.4) is 0 Å². The van der Waals surface area contributed by atoms with E-state index in [0.29, 0.717) is 5.75 Å². The van der Waals surface area contributed by atoms with E-state index in [1.54, 1.807) is 6.07 Å². The number of β-amino-alcohol motifs (C(OH)–C–C–N with tert-alkyl or cyclic N) is 1. The number of aromatic hydroxyl groups is 1. The third kappa shape index (κ3) is 4.10. The van der Waals surface area contributed by atoms with Crippen molar-refractivity contribution >= 4 is 0 Å². The van der Waals surface area contributed by atoms with Gasteiger partial charge < -0.3 is 10.2 Å². The van der Waals surface area contributed by atoms with Crippen LogP contribution < -0.4 is 0 Å². The average molecular weight is 312 g/mol. The van der Waals surface area contributed by atoms with Crippen molar-refractivity contribution < 1.29 is 10.2 Å². The summed E-state index contributed by atoms with van der Waals surface area (Å²) in [5, 5.41) is 19.2. The molecule has 1 aliphatic heterocycles. The van der Waals surface area contributed by atoms with Gasteiger partial charge in [0.1, 0.15) is 5.75 Å². The van der Waals surface area contributed by atoms with Crippen LogP contribution in [0.5, 0.6) is 5.75 Å². The predicted octanol–water partition coefficient (Wildman–Crippen LogP) is 2.17. The summed E-state index contributed by atoms with van der Waals surface area (Å²) in [5.74, 6) is 0.363. The first kappa shape index (κ1) is 16.0. The molecular formula is C19H24N2O2. The molecule has 2 N–H and O–H groups in total. The molecule has 0 radical (unpaired) electrons. The molecule has 1 saturated heterocycles. The lowest BCUT2D eigenvalue weighted by atomic mass is 10.0. The molecule has 1 heterocycles. The van der Waals surface area contributed by atoms with Gasteiger partial charge >= 0.3 is 0 Å². The molecule has 2 aromatic carbocycles. The second-order valence-electron chi connectivity index (χ2n) is 6.05. The highest BCUT2D eigenvalue weighted by Gasteiger charge is 2.17. The molecule has 0 saturated carbocycles. The number of hydrogen-bond donors (Lipinski definition) is 2. The van der Waals surface area contributed by atoms with Crippen molar-refractivity contribution in [3.05, 3.63) is 54.1 Å². The van der Waals surface area contributed by atoms with E-state index in [-0.39, 0.29) is 6.61 Å². The van der Waals surface area contributed by atoms with Crippen LogP contribution in [0.25, 0.3) is 11.1 Å². The number of nitrogens with zero attached hydrogens (tertiary/aromatic N) is 2.